The largest absolute Gasteiger partial charge is 0.416 e. The van der Waals surface area contributed by atoms with Crippen molar-refractivity contribution in [1.82, 2.24) is 5.32 Å². The third-order valence-electron chi connectivity index (χ3n) is 3.67. The van der Waals surface area contributed by atoms with E-state index in [1.54, 1.807) is 12.1 Å². The molecule has 0 bridgehead atoms. The molecule has 0 fully saturated rings. The molecule has 2 aromatic rings. The van der Waals surface area contributed by atoms with Crippen LogP contribution in [0.3, 0.4) is 0 Å². The van der Waals surface area contributed by atoms with Crippen molar-refractivity contribution in [3.05, 3.63) is 64.7 Å². The summed E-state index contributed by atoms with van der Waals surface area (Å²) in [5, 5.41) is 4.90. The lowest BCUT2D eigenvalue weighted by atomic mass is 10.1. The van der Waals surface area contributed by atoms with Gasteiger partial charge in [0.25, 0.3) is 5.91 Å². The number of nitrogens with one attached hydrogen (secondary N) is 2. The summed E-state index contributed by atoms with van der Waals surface area (Å²) in [5.41, 5.74) is 1.87. The van der Waals surface area contributed by atoms with Crippen LogP contribution in [0.25, 0.3) is 0 Å². The Morgan fingerprint density at radius 3 is 2.16 bits per heavy atom. The predicted octanol–water partition coefficient (Wildman–Crippen LogP) is 3.69. The molecule has 0 radical (unpaired) electrons. The molecule has 132 valence electrons. The number of alkyl halides is 3. The zero-order valence-electron chi connectivity index (χ0n) is 13.7. The lowest BCUT2D eigenvalue weighted by molar-refractivity contribution is -0.137. The number of carbonyl (C=O) groups is 2. The van der Waals surface area contributed by atoms with Gasteiger partial charge in [-0.25, -0.2) is 0 Å². The third-order valence-corrected chi connectivity index (χ3v) is 3.67. The molecule has 4 nitrogen and oxygen atoms in total. The summed E-state index contributed by atoms with van der Waals surface area (Å²) in [5.74, 6) is -0.928. The maximum atomic E-state index is 12.5. The van der Waals surface area contributed by atoms with E-state index in [0.29, 0.717) is 5.56 Å². The molecule has 0 spiro atoms. The van der Waals surface area contributed by atoms with Crippen molar-refractivity contribution in [3.8, 4) is 0 Å². The molecule has 2 amide bonds. The third kappa shape index (κ3) is 5.07. The lowest BCUT2D eigenvalue weighted by Gasteiger charge is -2.10. The van der Waals surface area contributed by atoms with E-state index >= 15 is 0 Å². The van der Waals surface area contributed by atoms with Gasteiger partial charge < -0.3 is 10.6 Å². The summed E-state index contributed by atoms with van der Waals surface area (Å²) in [4.78, 5) is 23.8. The Morgan fingerprint density at radius 1 is 0.960 bits per heavy atom. The molecule has 0 aliphatic rings. The molecule has 0 aromatic heterocycles. The first-order chi connectivity index (χ1) is 11.7. The van der Waals surface area contributed by atoms with E-state index in [1.807, 2.05) is 19.9 Å². The van der Waals surface area contributed by atoms with Gasteiger partial charge in [0.2, 0.25) is 5.91 Å². The van der Waals surface area contributed by atoms with Gasteiger partial charge in [0.15, 0.2) is 0 Å². The fourth-order valence-corrected chi connectivity index (χ4v) is 2.09. The molecule has 25 heavy (non-hydrogen) atoms. The van der Waals surface area contributed by atoms with Crippen LogP contribution >= 0.6 is 0 Å². The summed E-state index contributed by atoms with van der Waals surface area (Å²) in [7, 11) is 0. The van der Waals surface area contributed by atoms with Crippen LogP contribution in [-0.2, 0) is 11.0 Å². The van der Waals surface area contributed by atoms with Crippen LogP contribution in [0.4, 0.5) is 18.9 Å². The molecule has 2 N–H and O–H groups in total. The van der Waals surface area contributed by atoms with Crippen LogP contribution in [0, 0.1) is 13.8 Å². The van der Waals surface area contributed by atoms with Gasteiger partial charge in [-0.3, -0.25) is 9.59 Å². The zero-order valence-corrected chi connectivity index (χ0v) is 13.7. The monoisotopic (exact) mass is 350 g/mol. The van der Waals surface area contributed by atoms with Crippen molar-refractivity contribution in [1.29, 1.82) is 0 Å². The maximum absolute atomic E-state index is 12.5. The minimum atomic E-state index is -4.43. The standard InChI is InChI=1S/C18H17F3N2O2/c1-11-3-4-13(9-12(11)2)17(25)22-10-16(24)23-15-7-5-14(6-8-15)18(19,20)21/h3-9H,10H2,1-2H3,(H,22,25)(H,23,24). The highest BCUT2D eigenvalue weighted by atomic mass is 19.4. The summed E-state index contributed by atoms with van der Waals surface area (Å²) in [6.45, 7) is 3.52. The number of rotatable bonds is 4. The minimum Gasteiger partial charge on any atom is -0.343 e. The van der Waals surface area contributed by atoms with Crippen molar-refractivity contribution in [2.75, 3.05) is 11.9 Å². The fraction of sp³-hybridized carbons (Fsp3) is 0.222. The minimum absolute atomic E-state index is 0.221. The molecule has 7 heteroatoms. The Kier molecular flexibility index (Phi) is 5.46. The number of hydrogen-bond donors (Lipinski definition) is 2. The predicted molar refractivity (Wildman–Crippen MR) is 88.3 cm³/mol. The normalized spacial score (nSPS) is 11.1. The van der Waals surface area contributed by atoms with E-state index in [0.717, 1.165) is 35.4 Å². The van der Waals surface area contributed by atoms with Gasteiger partial charge in [0, 0.05) is 11.3 Å². The summed E-state index contributed by atoms with van der Waals surface area (Å²) >= 11 is 0. The van der Waals surface area contributed by atoms with Crippen molar-refractivity contribution >= 4 is 17.5 Å². The van der Waals surface area contributed by atoms with Gasteiger partial charge in [-0.1, -0.05) is 6.07 Å². The Morgan fingerprint density at radius 2 is 1.60 bits per heavy atom. The van der Waals surface area contributed by atoms with Crippen LogP contribution in [0.1, 0.15) is 27.0 Å². The highest BCUT2D eigenvalue weighted by Gasteiger charge is 2.29. The first kappa shape index (κ1) is 18.5. The molecule has 0 unspecified atom stereocenters. The quantitative estimate of drug-likeness (QED) is 0.884. The molecule has 2 aromatic carbocycles. The lowest BCUT2D eigenvalue weighted by Crippen LogP contribution is -2.32. The summed E-state index contributed by atoms with van der Waals surface area (Å²) < 4.78 is 37.4. The number of amides is 2. The Hall–Kier alpha value is -2.83. The van der Waals surface area contributed by atoms with Crippen molar-refractivity contribution in [2.45, 2.75) is 20.0 Å². The van der Waals surface area contributed by atoms with Crippen molar-refractivity contribution in [2.24, 2.45) is 0 Å². The van der Waals surface area contributed by atoms with Gasteiger partial charge in [0.1, 0.15) is 0 Å². The Labute approximate surface area is 143 Å². The number of hydrogen-bond acceptors (Lipinski definition) is 2. The van der Waals surface area contributed by atoms with E-state index in [-0.39, 0.29) is 12.2 Å². The number of benzene rings is 2. The Bertz CT molecular complexity index is 784. The number of carbonyl (C=O) groups excluding carboxylic acids is 2. The molecular formula is C18H17F3N2O2. The van der Waals surface area contributed by atoms with Crippen molar-refractivity contribution in [3.63, 3.8) is 0 Å². The SMILES string of the molecule is Cc1ccc(C(=O)NCC(=O)Nc2ccc(C(F)(F)F)cc2)cc1C. The summed E-state index contributed by atoms with van der Waals surface area (Å²) in [6.07, 6.45) is -4.43. The maximum Gasteiger partial charge on any atom is 0.416 e. The smallest absolute Gasteiger partial charge is 0.343 e. The van der Waals surface area contributed by atoms with E-state index in [1.165, 1.54) is 0 Å². The average molecular weight is 350 g/mol. The van der Waals surface area contributed by atoms with E-state index in [2.05, 4.69) is 10.6 Å². The highest BCUT2D eigenvalue weighted by molar-refractivity contribution is 5.99. The average Bonchev–Trinajstić information content (AvgIpc) is 2.55. The van der Waals surface area contributed by atoms with E-state index < -0.39 is 23.6 Å². The van der Waals surface area contributed by atoms with Gasteiger partial charge in [-0.05, 0) is 61.4 Å². The van der Waals surface area contributed by atoms with E-state index in [9.17, 15) is 22.8 Å². The Balaban J connectivity index is 1.90. The van der Waals surface area contributed by atoms with Crippen LogP contribution in [0.15, 0.2) is 42.5 Å². The van der Waals surface area contributed by atoms with Crippen LogP contribution in [0.5, 0.6) is 0 Å². The van der Waals surface area contributed by atoms with E-state index in [4.69, 9.17) is 0 Å². The zero-order chi connectivity index (χ0) is 18.6. The number of anilines is 1. The van der Waals surface area contributed by atoms with Crippen molar-refractivity contribution < 1.29 is 22.8 Å². The molecule has 0 saturated carbocycles. The van der Waals surface area contributed by atoms with Gasteiger partial charge in [-0.15, -0.1) is 0 Å². The van der Waals surface area contributed by atoms with Gasteiger partial charge >= 0.3 is 6.18 Å². The number of halogens is 3. The molecule has 0 aliphatic heterocycles. The van der Waals surface area contributed by atoms with Crippen LogP contribution in [0.2, 0.25) is 0 Å². The molecule has 2 rings (SSSR count). The first-order valence-corrected chi connectivity index (χ1v) is 7.49. The molecule has 0 aliphatic carbocycles. The second kappa shape index (κ2) is 7.38. The second-order valence-corrected chi connectivity index (χ2v) is 5.61. The highest BCUT2D eigenvalue weighted by Crippen LogP contribution is 2.29. The topological polar surface area (TPSA) is 58.2 Å². The van der Waals surface area contributed by atoms with Crippen LogP contribution in [-0.4, -0.2) is 18.4 Å². The number of aryl methyl sites for hydroxylation is 2. The first-order valence-electron chi connectivity index (χ1n) is 7.49. The molecule has 0 heterocycles. The van der Waals surface area contributed by atoms with Gasteiger partial charge in [0.05, 0.1) is 12.1 Å². The van der Waals surface area contributed by atoms with Crippen LogP contribution < -0.4 is 10.6 Å². The molecule has 0 saturated heterocycles. The second-order valence-electron chi connectivity index (χ2n) is 5.61. The fourth-order valence-electron chi connectivity index (χ4n) is 2.09. The summed E-state index contributed by atoms with van der Waals surface area (Å²) in [6, 6.07) is 9.26. The van der Waals surface area contributed by atoms with Gasteiger partial charge in [-0.2, -0.15) is 13.2 Å². The molecular weight excluding hydrogens is 333 g/mol. The molecule has 0 atom stereocenters.